The Morgan fingerprint density at radius 1 is 1.33 bits per heavy atom. The first kappa shape index (κ1) is 19.2. The van der Waals surface area contributed by atoms with Crippen LogP contribution in [0.15, 0.2) is 24.4 Å². The Morgan fingerprint density at radius 2 is 2.19 bits per heavy atom. The van der Waals surface area contributed by atoms with E-state index < -0.39 is 0 Å². The number of aromatic nitrogens is 2. The first-order chi connectivity index (χ1) is 13.1. The summed E-state index contributed by atoms with van der Waals surface area (Å²) >= 11 is 0. The van der Waals surface area contributed by atoms with Crippen LogP contribution in [-0.4, -0.2) is 55.3 Å². The molecule has 27 heavy (non-hydrogen) atoms. The predicted molar refractivity (Wildman–Crippen MR) is 108 cm³/mol. The van der Waals surface area contributed by atoms with Crippen LogP contribution in [0.3, 0.4) is 0 Å². The lowest BCUT2D eigenvalue weighted by Gasteiger charge is -2.17. The van der Waals surface area contributed by atoms with Crippen molar-refractivity contribution in [1.82, 2.24) is 14.9 Å². The van der Waals surface area contributed by atoms with E-state index in [0.717, 1.165) is 36.5 Å². The van der Waals surface area contributed by atoms with Crippen molar-refractivity contribution in [1.29, 1.82) is 0 Å². The highest BCUT2D eigenvalue weighted by atomic mass is 16.5. The van der Waals surface area contributed by atoms with Crippen molar-refractivity contribution < 1.29 is 9.47 Å². The van der Waals surface area contributed by atoms with Gasteiger partial charge >= 0.3 is 0 Å². The number of rotatable bonds is 8. The zero-order valence-corrected chi connectivity index (χ0v) is 16.4. The Kier molecular flexibility index (Phi) is 6.34. The molecule has 1 atom stereocenters. The molecule has 7 heteroatoms. The molecule has 0 amide bonds. The maximum Gasteiger partial charge on any atom is 0.224 e. The quantitative estimate of drug-likeness (QED) is 0.738. The van der Waals surface area contributed by atoms with Crippen molar-refractivity contribution in [3.05, 3.63) is 24.4 Å². The largest absolute Gasteiger partial charge is 0.493 e. The number of hydrogen-bond acceptors (Lipinski definition) is 7. The molecule has 1 unspecified atom stereocenters. The number of nitrogens with two attached hydrogens (primary N) is 1. The lowest BCUT2D eigenvalue weighted by atomic mass is 10.1. The molecule has 0 bridgehead atoms. The summed E-state index contributed by atoms with van der Waals surface area (Å²) in [4.78, 5) is 11.0. The van der Waals surface area contributed by atoms with Crippen LogP contribution >= 0.6 is 0 Å². The van der Waals surface area contributed by atoms with Crippen LogP contribution in [0.1, 0.15) is 19.8 Å². The van der Waals surface area contributed by atoms with Crippen LogP contribution in [0.25, 0.3) is 11.1 Å². The molecular weight excluding hydrogens is 342 g/mol. The Balaban J connectivity index is 1.74. The van der Waals surface area contributed by atoms with Crippen molar-refractivity contribution in [3.63, 3.8) is 0 Å². The fourth-order valence-electron chi connectivity index (χ4n) is 3.47. The SMILES string of the molecule is CCCN1CCC(COc2cc(-c3cnc(NC)nc3N)ccc2OC)C1. The summed E-state index contributed by atoms with van der Waals surface area (Å²) in [6.45, 7) is 6.33. The zero-order valence-electron chi connectivity index (χ0n) is 16.4. The molecule has 0 spiro atoms. The molecule has 3 rings (SSSR count). The van der Waals surface area contributed by atoms with Crippen LogP contribution in [-0.2, 0) is 0 Å². The lowest BCUT2D eigenvalue weighted by Crippen LogP contribution is -2.23. The predicted octanol–water partition coefficient (Wildman–Crippen LogP) is 2.89. The summed E-state index contributed by atoms with van der Waals surface area (Å²) in [5, 5.41) is 2.89. The molecule has 1 aliphatic heterocycles. The third-order valence-corrected chi connectivity index (χ3v) is 4.90. The maximum absolute atomic E-state index is 6.14. The number of likely N-dealkylation sites (tertiary alicyclic amines) is 1. The molecule has 0 radical (unpaired) electrons. The van der Waals surface area contributed by atoms with Gasteiger partial charge in [0.05, 0.1) is 13.7 Å². The number of benzene rings is 1. The maximum atomic E-state index is 6.14. The summed E-state index contributed by atoms with van der Waals surface area (Å²) in [6.07, 6.45) is 4.09. The highest BCUT2D eigenvalue weighted by molar-refractivity contribution is 5.75. The average Bonchev–Trinajstić information content (AvgIpc) is 3.14. The van der Waals surface area contributed by atoms with Crippen molar-refractivity contribution in [2.24, 2.45) is 5.92 Å². The summed E-state index contributed by atoms with van der Waals surface area (Å²) in [6, 6.07) is 5.79. The van der Waals surface area contributed by atoms with E-state index in [1.807, 2.05) is 18.2 Å². The summed E-state index contributed by atoms with van der Waals surface area (Å²) in [7, 11) is 3.41. The van der Waals surface area contributed by atoms with Crippen molar-refractivity contribution in [3.8, 4) is 22.6 Å². The molecule has 7 nitrogen and oxygen atoms in total. The first-order valence-corrected chi connectivity index (χ1v) is 9.48. The van der Waals surface area contributed by atoms with Crippen LogP contribution in [0.4, 0.5) is 11.8 Å². The van der Waals surface area contributed by atoms with E-state index in [-0.39, 0.29) is 0 Å². The molecule has 1 saturated heterocycles. The fraction of sp³-hybridized carbons (Fsp3) is 0.500. The van der Waals surface area contributed by atoms with E-state index in [1.165, 1.54) is 12.8 Å². The van der Waals surface area contributed by atoms with Gasteiger partial charge in [-0.25, -0.2) is 4.98 Å². The monoisotopic (exact) mass is 371 g/mol. The minimum atomic E-state index is 0.427. The van der Waals surface area contributed by atoms with Crippen molar-refractivity contribution >= 4 is 11.8 Å². The van der Waals surface area contributed by atoms with Crippen LogP contribution < -0.4 is 20.5 Å². The second-order valence-electron chi connectivity index (χ2n) is 6.87. The molecule has 1 fully saturated rings. The van der Waals surface area contributed by atoms with E-state index in [9.17, 15) is 0 Å². The average molecular weight is 371 g/mol. The van der Waals surface area contributed by atoms with Gasteiger partial charge in [-0.2, -0.15) is 4.98 Å². The number of anilines is 2. The summed E-state index contributed by atoms with van der Waals surface area (Å²) < 4.78 is 11.6. The molecule has 1 aliphatic rings. The van der Waals surface area contributed by atoms with E-state index >= 15 is 0 Å². The van der Waals surface area contributed by atoms with Gasteiger partial charge in [0.1, 0.15) is 5.82 Å². The number of nitrogens with zero attached hydrogens (tertiary/aromatic N) is 3. The van der Waals surface area contributed by atoms with Gasteiger partial charge in [-0.3, -0.25) is 0 Å². The van der Waals surface area contributed by atoms with Gasteiger partial charge in [0.25, 0.3) is 0 Å². The Bertz CT molecular complexity index is 768. The molecule has 2 heterocycles. The molecule has 0 saturated carbocycles. The van der Waals surface area contributed by atoms with Gasteiger partial charge < -0.3 is 25.4 Å². The normalized spacial score (nSPS) is 17.1. The number of nitrogens with one attached hydrogen (secondary N) is 1. The van der Waals surface area contributed by atoms with E-state index in [4.69, 9.17) is 15.2 Å². The van der Waals surface area contributed by atoms with Gasteiger partial charge in [0.2, 0.25) is 5.95 Å². The molecule has 1 aromatic carbocycles. The third kappa shape index (κ3) is 4.60. The summed E-state index contributed by atoms with van der Waals surface area (Å²) in [5.41, 5.74) is 7.78. The standard InChI is InChI=1S/C20H29N5O2/c1-4-8-25-9-7-14(12-25)13-27-18-10-15(5-6-17(18)26-3)16-11-23-20(22-2)24-19(16)21/h5-6,10-11,14H,4,7-9,12-13H2,1-3H3,(H3,21,22,23,24). The van der Waals surface area contributed by atoms with E-state index in [1.54, 1.807) is 20.4 Å². The minimum absolute atomic E-state index is 0.427. The number of methoxy groups -OCH3 is 1. The number of nitrogen functional groups attached to an aromatic ring is 1. The third-order valence-electron chi connectivity index (χ3n) is 4.90. The number of hydrogen-bond donors (Lipinski definition) is 2. The second kappa shape index (κ2) is 8.90. The fourth-order valence-corrected chi connectivity index (χ4v) is 3.47. The smallest absolute Gasteiger partial charge is 0.224 e. The van der Waals surface area contributed by atoms with Crippen molar-refractivity contribution in [2.75, 3.05) is 51.4 Å². The van der Waals surface area contributed by atoms with Crippen LogP contribution in [0, 0.1) is 5.92 Å². The van der Waals surface area contributed by atoms with Crippen LogP contribution in [0.5, 0.6) is 11.5 Å². The van der Waals surface area contributed by atoms with Gasteiger partial charge in [-0.1, -0.05) is 13.0 Å². The second-order valence-corrected chi connectivity index (χ2v) is 6.87. The molecule has 146 valence electrons. The van der Waals surface area contributed by atoms with E-state index in [2.05, 4.69) is 27.1 Å². The Morgan fingerprint density at radius 3 is 2.89 bits per heavy atom. The summed E-state index contributed by atoms with van der Waals surface area (Å²) in [5.74, 6) is 2.92. The van der Waals surface area contributed by atoms with Gasteiger partial charge in [0.15, 0.2) is 11.5 Å². The highest BCUT2D eigenvalue weighted by Gasteiger charge is 2.22. The zero-order chi connectivity index (χ0) is 19.2. The lowest BCUT2D eigenvalue weighted by molar-refractivity contribution is 0.232. The minimum Gasteiger partial charge on any atom is -0.493 e. The Labute approximate surface area is 160 Å². The Hall–Kier alpha value is -2.54. The molecule has 1 aromatic heterocycles. The number of ether oxygens (including phenoxy) is 2. The molecule has 2 aromatic rings. The van der Waals surface area contributed by atoms with Crippen LogP contribution in [0.2, 0.25) is 0 Å². The molecular formula is C20H29N5O2. The van der Waals surface area contributed by atoms with Gasteiger partial charge in [0, 0.05) is 31.3 Å². The first-order valence-electron chi connectivity index (χ1n) is 9.48. The van der Waals surface area contributed by atoms with Gasteiger partial charge in [-0.05, 0) is 43.6 Å². The highest BCUT2D eigenvalue weighted by Crippen LogP contribution is 2.34. The van der Waals surface area contributed by atoms with Crippen molar-refractivity contribution in [2.45, 2.75) is 19.8 Å². The molecule has 3 N–H and O–H groups in total. The molecule has 0 aliphatic carbocycles. The van der Waals surface area contributed by atoms with E-state index in [0.29, 0.717) is 30.0 Å². The van der Waals surface area contributed by atoms with Gasteiger partial charge in [-0.15, -0.1) is 0 Å². The topological polar surface area (TPSA) is 85.5 Å².